The van der Waals surface area contributed by atoms with E-state index in [2.05, 4.69) is 0 Å². The Bertz CT molecular complexity index is 27.3. The van der Waals surface area contributed by atoms with Crippen molar-refractivity contribution in [1.29, 1.82) is 0 Å². The summed E-state index contributed by atoms with van der Waals surface area (Å²) in [7, 11) is 1.67. The van der Waals surface area contributed by atoms with E-state index < -0.39 is 0 Å². The zero-order chi connectivity index (χ0) is 11.5. The lowest BCUT2D eigenvalue weighted by molar-refractivity contribution is 0.0777. The molecule has 0 aliphatic heterocycles. The van der Waals surface area contributed by atoms with Gasteiger partial charge in [-0.1, -0.05) is 41.5 Å². The van der Waals surface area contributed by atoms with Crippen LogP contribution in [-0.2, 0) is 9.47 Å². The maximum absolute atomic E-state index is 4.95. The minimum Gasteiger partial charge on any atom is -0.382 e. The van der Waals surface area contributed by atoms with Crippen LogP contribution >= 0.6 is 0 Å². The van der Waals surface area contributed by atoms with Crippen LogP contribution in [-0.4, -0.2) is 26.9 Å². The van der Waals surface area contributed by atoms with Crippen molar-refractivity contribution in [2.24, 2.45) is 0 Å². The smallest absolute Gasteiger partial charge is 0.0700 e. The summed E-state index contributed by atoms with van der Waals surface area (Å²) in [5.41, 5.74) is 0. The van der Waals surface area contributed by atoms with Crippen molar-refractivity contribution in [1.82, 2.24) is 0 Å². The summed E-state index contributed by atoms with van der Waals surface area (Å²) in [6.07, 6.45) is 0. The fourth-order valence-corrected chi connectivity index (χ4v) is 0.287. The van der Waals surface area contributed by atoms with E-state index in [0.29, 0.717) is 13.2 Å². The number of methoxy groups -OCH3 is 1. The van der Waals surface area contributed by atoms with E-state index in [1.54, 1.807) is 7.11 Å². The Morgan fingerprint density at radius 3 is 1.38 bits per heavy atom. The molecule has 0 aromatic rings. The van der Waals surface area contributed by atoms with Crippen LogP contribution in [0.4, 0.5) is 0 Å². The van der Waals surface area contributed by atoms with Crippen molar-refractivity contribution in [3.63, 3.8) is 0 Å². The average molecular weight is 194 g/mol. The minimum absolute atomic E-state index is 0.702. The van der Waals surface area contributed by atoms with Crippen LogP contribution in [0.5, 0.6) is 0 Å². The van der Waals surface area contributed by atoms with Crippen molar-refractivity contribution in [2.45, 2.75) is 48.5 Å². The van der Waals surface area contributed by atoms with E-state index in [0.717, 1.165) is 6.61 Å². The topological polar surface area (TPSA) is 18.5 Å². The molecule has 0 aliphatic rings. The molecule has 0 saturated carbocycles. The van der Waals surface area contributed by atoms with Gasteiger partial charge in [0.2, 0.25) is 0 Å². The number of hydrogen-bond donors (Lipinski definition) is 0. The van der Waals surface area contributed by atoms with Gasteiger partial charge in [0.15, 0.2) is 0 Å². The van der Waals surface area contributed by atoms with E-state index in [1.165, 1.54) is 0 Å². The van der Waals surface area contributed by atoms with Gasteiger partial charge in [-0.25, -0.2) is 0 Å². The molecule has 86 valence electrons. The predicted molar refractivity (Wildman–Crippen MR) is 62.4 cm³/mol. The standard InChI is InChI=1S/C5H12O2.3C2H6/c1-3-7-5-4-6-2;3*1-2/h3-5H2,1-2H3;3*1-2H3. The molecular formula is C11H30O2. The molecule has 0 aliphatic carbocycles. The van der Waals surface area contributed by atoms with Crippen molar-refractivity contribution in [3.05, 3.63) is 0 Å². The van der Waals surface area contributed by atoms with E-state index in [-0.39, 0.29) is 0 Å². The quantitative estimate of drug-likeness (QED) is 0.635. The van der Waals surface area contributed by atoms with Gasteiger partial charge in [0.25, 0.3) is 0 Å². The zero-order valence-corrected chi connectivity index (χ0v) is 10.9. The highest BCUT2D eigenvalue weighted by atomic mass is 16.5. The lowest BCUT2D eigenvalue weighted by atomic mass is 10.7. The largest absolute Gasteiger partial charge is 0.382 e. The first-order valence-electron chi connectivity index (χ1n) is 5.48. The molecule has 0 N–H and O–H groups in total. The molecule has 0 unspecified atom stereocenters. The first-order chi connectivity index (χ1) is 6.41. The second-order valence-corrected chi connectivity index (χ2v) is 1.19. The molecule has 0 saturated heterocycles. The van der Waals surface area contributed by atoms with Gasteiger partial charge in [0.1, 0.15) is 0 Å². The van der Waals surface area contributed by atoms with Gasteiger partial charge < -0.3 is 9.47 Å². The van der Waals surface area contributed by atoms with Crippen molar-refractivity contribution in [2.75, 3.05) is 26.9 Å². The van der Waals surface area contributed by atoms with Gasteiger partial charge in [-0.15, -0.1) is 0 Å². The summed E-state index contributed by atoms with van der Waals surface area (Å²) >= 11 is 0. The van der Waals surface area contributed by atoms with Crippen molar-refractivity contribution < 1.29 is 9.47 Å². The lowest BCUT2D eigenvalue weighted by Gasteiger charge is -1.96. The molecular weight excluding hydrogens is 164 g/mol. The molecule has 0 atom stereocenters. The molecule has 0 radical (unpaired) electrons. The summed E-state index contributed by atoms with van der Waals surface area (Å²) < 4.78 is 9.67. The van der Waals surface area contributed by atoms with Crippen LogP contribution in [0.1, 0.15) is 48.5 Å². The highest BCUT2D eigenvalue weighted by Gasteiger charge is 1.78. The molecule has 0 spiro atoms. The summed E-state index contributed by atoms with van der Waals surface area (Å²) in [5.74, 6) is 0. The fourth-order valence-electron chi connectivity index (χ4n) is 0.287. The molecule has 0 rings (SSSR count). The SMILES string of the molecule is CC.CC.CC.CCOCCOC. The highest BCUT2D eigenvalue weighted by molar-refractivity contribution is 4.21. The van der Waals surface area contributed by atoms with Gasteiger partial charge in [-0.05, 0) is 6.92 Å². The van der Waals surface area contributed by atoms with Gasteiger partial charge in [0.05, 0.1) is 13.2 Å². The van der Waals surface area contributed by atoms with E-state index in [1.807, 2.05) is 48.5 Å². The molecule has 0 aromatic carbocycles. The van der Waals surface area contributed by atoms with E-state index in [9.17, 15) is 0 Å². The highest BCUT2D eigenvalue weighted by Crippen LogP contribution is 1.71. The molecule has 0 amide bonds. The van der Waals surface area contributed by atoms with Crippen LogP contribution in [0.2, 0.25) is 0 Å². The first kappa shape index (κ1) is 23.1. The Labute approximate surface area is 85.6 Å². The Kier molecular flexibility index (Phi) is 104. The van der Waals surface area contributed by atoms with Crippen LogP contribution in [0.25, 0.3) is 0 Å². The normalized spacial score (nSPS) is 6.46. The number of hydrogen-bond acceptors (Lipinski definition) is 2. The average Bonchev–Trinajstić information content (AvgIpc) is 2.27. The maximum Gasteiger partial charge on any atom is 0.0700 e. The summed E-state index contributed by atoms with van der Waals surface area (Å²) in [5, 5.41) is 0. The second-order valence-electron chi connectivity index (χ2n) is 1.19. The van der Waals surface area contributed by atoms with Crippen LogP contribution in [0.3, 0.4) is 0 Å². The third-order valence-electron chi connectivity index (χ3n) is 0.636. The van der Waals surface area contributed by atoms with Gasteiger partial charge >= 0.3 is 0 Å². The second kappa shape index (κ2) is 58.7. The Hall–Kier alpha value is -0.0800. The Balaban J connectivity index is -0.0000000573. The van der Waals surface area contributed by atoms with Gasteiger partial charge in [-0.2, -0.15) is 0 Å². The van der Waals surface area contributed by atoms with E-state index >= 15 is 0 Å². The van der Waals surface area contributed by atoms with Crippen molar-refractivity contribution >= 4 is 0 Å². The van der Waals surface area contributed by atoms with Crippen molar-refractivity contribution in [3.8, 4) is 0 Å². The summed E-state index contributed by atoms with van der Waals surface area (Å²) in [6.45, 7) is 16.2. The van der Waals surface area contributed by atoms with Crippen LogP contribution in [0.15, 0.2) is 0 Å². The lowest BCUT2D eigenvalue weighted by Crippen LogP contribution is -2.00. The molecule has 0 heterocycles. The molecule has 13 heavy (non-hydrogen) atoms. The number of rotatable bonds is 4. The minimum atomic E-state index is 0.702. The summed E-state index contributed by atoms with van der Waals surface area (Å²) in [6, 6.07) is 0. The third kappa shape index (κ3) is 76.3. The van der Waals surface area contributed by atoms with Crippen LogP contribution < -0.4 is 0 Å². The predicted octanol–water partition coefficient (Wildman–Crippen LogP) is 3.75. The van der Waals surface area contributed by atoms with Crippen LogP contribution in [0, 0.1) is 0 Å². The van der Waals surface area contributed by atoms with Gasteiger partial charge in [0, 0.05) is 13.7 Å². The summed E-state index contributed by atoms with van der Waals surface area (Å²) in [4.78, 5) is 0. The molecule has 0 bridgehead atoms. The molecule has 0 aromatic heterocycles. The molecule has 2 nitrogen and oxygen atoms in total. The Morgan fingerprint density at radius 1 is 0.769 bits per heavy atom. The fraction of sp³-hybridized carbons (Fsp3) is 1.00. The molecule has 2 heteroatoms. The van der Waals surface area contributed by atoms with E-state index in [4.69, 9.17) is 9.47 Å². The zero-order valence-electron chi connectivity index (χ0n) is 10.9. The monoisotopic (exact) mass is 194 g/mol. The molecule has 0 fully saturated rings. The maximum atomic E-state index is 4.95. The third-order valence-corrected chi connectivity index (χ3v) is 0.636. The Morgan fingerprint density at radius 2 is 1.15 bits per heavy atom. The van der Waals surface area contributed by atoms with Gasteiger partial charge in [-0.3, -0.25) is 0 Å². The first-order valence-corrected chi connectivity index (χ1v) is 5.48. The number of ether oxygens (including phenoxy) is 2.